The first-order valence-electron chi connectivity index (χ1n) is 10.6. The highest BCUT2D eigenvalue weighted by atomic mass is 19.4. The average Bonchev–Trinajstić information content (AvgIpc) is 3.08. The van der Waals surface area contributed by atoms with Gasteiger partial charge in [-0.15, -0.1) is 0 Å². The normalized spacial score (nSPS) is 19.1. The van der Waals surface area contributed by atoms with E-state index in [-0.39, 0.29) is 36.1 Å². The van der Waals surface area contributed by atoms with Crippen LogP contribution in [-0.2, 0) is 16.1 Å². The maximum Gasteiger partial charge on any atom is 0.396 e. The highest BCUT2D eigenvalue weighted by Gasteiger charge is 2.44. The van der Waals surface area contributed by atoms with Crippen LogP contribution in [0.4, 0.5) is 17.6 Å². The molecule has 3 amide bonds. The molecular formula is C24H20F4N2O4. The molecule has 0 spiro atoms. The summed E-state index contributed by atoms with van der Waals surface area (Å²) in [6.07, 6.45) is -5.63. The Morgan fingerprint density at radius 3 is 2.56 bits per heavy atom. The fourth-order valence-electron chi connectivity index (χ4n) is 4.42. The molecule has 0 bridgehead atoms. The van der Waals surface area contributed by atoms with Crippen molar-refractivity contribution in [1.29, 1.82) is 0 Å². The van der Waals surface area contributed by atoms with E-state index in [1.165, 1.54) is 24.3 Å². The maximum absolute atomic E-state index is 15.3. The molecule has 0 aliphatic carbocycles. The van der Waals surface area contributed by atoms with Gasteiger partial charge in [0, 0.05) is 24.0 Å². The van der Waals surface area contributed by atoms with Crippen LogP contribution in [-0.4, -0.2) is 40.6 Å². The predicted molar refractivity (Wildman–Crippen MR) is 111 cm³/mol. The molecule has 34 heavy (non-hydrogen) atoms. The van der Waals surface area contributed by atoms with Crippen molar-refractivity contribution in [1.82, 2.24) is 10.2 Å². The van der Waals surface area contributed by atoms with Gasteiger partial charge in [0.2, 0.25) is 11.8 Å². The van der Waals surface area contributed by atoms with Gasteiger partial charge in [0.15, 0.2) is 5.78 Å². The number of imide groups is 1. The van der Waals surface area contributed by atoms with Gasteiger partial charge < -0.3 is 4.90 Å². The lowest BCUT2D eigenvalue weighted by atomic mass is 9.89. The SMILES string of the molecule is Cc1cccc([C@@H](CC(=O)c2ccc3c(c2F)CN(C2CCC(=O)NC2=O)C3=O)C(F)(F)F)c1. The molecule has 2 aromatic carbocycles. The Hall–Kier alpha value is -3.56. The van der Waals surface area contributed by atoms with Crippen LogP contribution in [0, 0.1) is 12.7 Å². The summed E-state index contributed by atoms with van der Waals surface area (Å²) in [5, 5.41) is 2.13. The Morgan fingerprint density at radius 2 is 1.91 bits per heavy atom. The number of nitrogens with one attached hydrogen (secondary N) is 1. The molecule has 2 aliphatic heterocycles. The molecule has 2 aliphatic rings. The molecule has 1 N–H and O–H groups in total. The van der Waals surface area contributed by atoms with Crippen LogP contribution < -0.4 is 5.32 Å². The molecule has 1 unspecified atom stereocenters. The van der Waals surface area contributed by atoms with Gasteiger partial charge in [0.1, 0.15) is 11.9 Å². The van der Waals surface area contributed by atoms with Crippen LogP contribution >= 0.6 is 0 Å². The second kappa shape index (κ2) is 8.66. The molecule has 0 aromatic heterocycles. The van der Waals surface area contributed by atoms with Crippen molar-refractivity contribution >= 4 is 23.5 Å². The Bertz CT molecular complexity index is 1210. The molecular weight excluding hydrogens is 456 g/mol. The number of Topliss-reactive ketones (excluding diaryl/α,β-unsaturated/α-hetero) is 1. The Labute approximate surface area is 191 Å². The zero-order valence-corrected chi connectivity index (χ0v) is 18.0. The number of carbonyl (C=O) groups excluding carboxylic acids is 4. The number of aryl methyl sites for hydroxylation is 1. The second-order valence-corrected chi connectivity index (χ2v) is 8.49. The number of benzene rings is 2. The van der Waals surface area contributed by atoms with Gasteiger partial charge in [-0.25, -0.2) is 4.39 Å². The molecule has 6 nitrogen and oxygen atoms in total. The van der Waals surface area contributed by atoms with Crippen LogP contribution in [0.5, 0.6) is 0 Å². The number of piperidine rings is 1. The van der Waals surface area contributed by atoms with Gasteiger partial charge in [0.25, 0.3) is 5.91 Å². The lowest BCUT2D eigenvalue weighted by molar-refractivity contribution is -0.149. The summed E-state index contributed by atoms with van der Waals surface area (Å²) >= 11 is 0. The van der Waals surface area contributed by atoms with Gasteiger partial charge in [0.05, 0.1) is 18.0 Å². The van der Waals surface area contributed by atoms with Crippen molar-refractivity contribution in [3.05, 3.63) is 70.0 Å². The number of ketones is 1. The number of alkyl halides is 3. The van der Waals surface area contributed by atoms with E-state index in [0.717, 1.165) is 11.0 Å². The van der Waals surface area contributed by atoms with Gasteiger partial charge in [-0.2, -0.15) is 13.2 Å². The van der Waals surface area contributed by atoms with E-state index in [2.05, 4.69) is 5.32 Å². The molecule has 2 atom stereocenters. The molecule has 10 heteroatoms. The standard InChI is InChI=1S/C24H20F4N2O4/c1-12-3-2-4-13(9-12)17(24(26,27)28)10-19(31)15-6-5-14-16(21(15)25)11-30(23(14)34)18-7-8-20(32)29-22(18)33/h2-6,9,17-18H,7-8,10-11H2,1H3,(H,29,32,33)/t17-,18?/m1/s1. The Morgan fingerprint density at radius 1 is 1.18 bits per heavy atom. The Kier molecular flexibility index (Phi) is 6.01. The molecule has 178 valence electrons. The first-order valence-corrected chi connectivity index (χ1v) is 10.6. The summed E-state index contributed by atoms with van der Waals surface area (Å²) in [7, 11) is 0. The maximum atomic E-state index is 15.3. The second-order valence-electron chi connectivity index (χ2n) is 8.49. The summed E-state index contributed by atoms with van der Waals surface area (Å²) in [5.41, 5.74) is -0.264. The summed E-state index contributed by atoms with van der Waals surface area (Å²) in [4.78, 5) is 50.2. The summed E-state index contributed by atoms with van der Waals surface area (Å²) in [6, 6.07) is 6.91. The lowest BCUT2D eigenvalue weighted by Crippen LogP contribution is -2.52. The highest BCUT2D eigenvalue weighted by molar-refractivity contribution is 6.06. The fraction of sp³-hybridized carbons (Fsp3) is 0.333. The van der Waals surface area contributed by atoms with Crippen molar-refractivity contribution in [2.24, 2.45) is 0 Å². The highest BCUT2D eigenvalue weighted by Crippen LogP contribution is 2.39. The van der Waals surface area contributed by atoms with Crippen LogP contribution in [0.1, 0.15) is 62.6 Å². The average molecular weight is 476 g/mol. The van der Waals surface area contributed by atoms with E-state index in [9.17, 15) is 32.3 Å². The fourth-order valence-corrected chi connectivity index (χ4v) is 4.42. The topological polar surface area (TPSA) is 83.6 Å². The monoisotopic (exact) mass is 476 g/mol. The van der Waals surface area contributed by atoms with Crippen molar-refractivity contribution in [2.75, 3.05) is 0 Å². The minimum atomic E-state index is -4.73. The number of carbonyl (C=O) groups is 4. The molecule has 2 heterocycles. The van der Waals surface area contributed by atoms with E-state index in [0.29, 0.717) is 5.56 Å². The molecule has 0 saturated carbocycles. The molecule has 4 rings (SSSR count). The summed E-state index contributed by atoms with van der Waals surface area (Å²) < 4.78 is 56.5. The molecule has 1 fully saturated rings. The number of fused-ring (bicyclic) bond motifs is 1. The molecule has 0 radical (unpaired) electrons. The van der Waals surface area contributed by atoms with Crippen molar-refractivity contribution < 1.29 is 36.7 Å². The van der Waals surface area contributed by atoms with E-state index in [1.807, 2.05) is 0 Å². The van der Waals surface area contributed by atoms with Crippen molar-refractivity contribution in [2.45, 2.75) is 50.9 Å². The van der Waals surface area contributed by atoms with E-state index >= 15 is 4.39 Å². The van der Waals surface area contributed by atoms with Gasteiger partial charge in [-0.1, -0.05) is 29.8 Å². The largest absolute Gasteiger partial charge is 0.396 e. The number of nitrogens with zero attached hydrogens (tertiary/aromatic N) is 1. The number of halogens is 4. The number of hydrogen-bond donors (Lipinski definition) is 1. The van der Waals surface area contributed by atoms with E-state index in [1.54, 1.807) is 13.0 Å². The Balaban J connectivity index is 1.60. The first-order chi connectivity index (χ1) is 16.0. The predicted octanol–water partition coefficient (Wildman–Crippen LogP) is 3.81. The number of rotatable bonds is 5. The third kappa shape index (κ3) is 4.32. The first kappa shape index (κ1) is 23.6. The van der Waals surface area contributed by atoms with Gasteiger partial charge >= 0.3 is 6.18 Å². The number of amides is 3. The lowest BCUT2D eigenvalue weighted by Gasteiger charge is -2.29. The molecule has 2 aromatic rings. The van der Waals surface area contributed by atoms with Crippen LogP contribution in [0.3, 0.4) is 0 Å². The van der Waals surface area contributed by atoms with E-state index in [4.69, 9.17) is 0 Å². The van der Waals surface area contributed by atoms with Crippen LogP contribution in [0.2, 0.25) is 0 Å². The third-order valence-electron chi connectivity index (χ3n) is 6.18. The van der Waals surface area contributed by atoms with Crippen molar-refractivity contribution in [3.63, 3.8) is 0 Å². The quantitative estimate of drug-likeness (QED) is 0.404. The smallest absolute Gasteiger partial charge is 0.322 e. The minimum Gasteiger partial charge on any atom is -0.322 e. The van der Waals surface area contributed by atoms with Crippen LogP contribution in [0.15, 0.2) is 36.4 Å². The number of hydrogen-bond acceptors (Lipinski definition) is 4. The zero-order valence-electron chi connectivity index (χ0n) is 18.0. The zero-order chi connectivity index (χ0) is 24.8. The van der Waals surface area contributed by atoms with Gasteiger partial charge in [-0.05, 0) is 31.0 Å². The van der Waals surface area contributed by atoms with Crippen LogP contribution in [0.25, 0.3) is 0 Å². The minimum absolute atomic E-state index is 0.0144. The molecule has 1 saturated heterocycles. The van der Waals surface area contributed by atoms with E-state index < -0.39 is 59.4 Å². The summed E-state index contributed by atoms with van der Waals surface area (Å²) in [5.74, 6) is -6.03. The third-order valence-corrected chi connectivity index (χ3v) is 6.18. The summed E-state index contributed by atoms with van der Waals surface area (Å²) in [6.45, 7) is 1.30. The van der Waals surface area contributed by atoms with Gasteiger partial charge in [-0.3, -0.25) is 24.5 Å². The van der Waals surface area contributed by atoms with Crippen molar-refractivity contribution in [3.8, 4) is 0 Å².